The van der Waals surface area contributed by atoms with E-state index in [1.54, 1.807) is 19.2 Å². The zero-order valence-electron chi connectivity index (χ0n) is 11.2. The monoisotopic (exact) mass is 272 g/mol. The molecule has 0 bridgehead atoms. The first-order chi connectivity index (χ1) is 9.70. The number of aromatic amines is 1. The van der Waals surface area contributed by atoms with E-state index >= 15 is 0 Å². The summed E-state index contributed by atoms with van der Waals surface area (Å²) in [6.07, 6.45) is 2.36. The molecule has 20 heavy (non-hydrogen) atoms. The molecule has 0 aliphatic rings. The van der Waals surface area contributed by atoms with Crippen molar-refractivity contribution in [1.29, 1.82) is 0 Å². The largest absolute Gasteiger partial charge is 0.496 e. The van der Waals surface area contributed by atoms with E-state index in [1.165, 1.54) is 6.20 Å². The van der Waals surface area contributed by atoms with Crippen molar-refractivity contribution in [2.45, 2.75) is 12.8 Å². The van der Waals surface area contributed by atoms with Gasteiger partial charge in [-0.05, 0) is 30.2 Å². The average Bonchev–Trinajstić information content (AvgIpc) is 2.48. The highest BCUT2D eigenvalue weighted by molar-refractivity contribution is 5.90. The molecule has 1 heterocycles. The Hall–Kier alpha value is -2.56. The minimum Gasteiger partial charge on any atom is -0.496 e. The average molecular weight is 272 g/mol. The van der Waals surface area contributed by atoms with Crippen LogP contribution in [0.25, 0.3) is 0 Å². The number of hydrogen-bond acceptors (Lipinski definition) is 3. The van der Waals surface area contributed by atoms with Gasteiger partial charge in [0.05, 0.1) is 7.11 Å². The first kappa shape index (κ1) is 13.9. The minimum absolute atomic E-state index is 0.201. The molecule has 2 aromatic rings. The van der Waals surface area contributed by atoms with Crippen molar-refractivity contribution in [1.82, 2.24) is 4.98 Å². The normalized spacial score (nSPS) is 10.1. The second-order valence-electron chi connectivity index (χ2n) is 4.27. The van der Waals surface area contributed by atoms with Gasteiger partial charge in [0, 0.05) is 12.6 Å². The number of aryl methyl sites for hydroxylation is 1. The van der Waals surface area contributed by atoms with Crippen LogP contribution in [-0.4, -0.2) is 18.0 Å². The number of hydrogen-bond donors (Lipinski definition) is 2. The zero-order chi connectivity index (χ0) is 14.4. The molecular weight excluding hydrogens is 256 g/mol. The zero-order valence-corrected chi connectivity index (χ0v) is 11.2. The van der Waals surface area contributed by atoms with Crippen molar-refractivity contribution in [2.24, 2.45) is 0 Å². The third-order valence-corrected chi connectivity index (χ3v) is 2.91. The van der Waals surface area contributed by atoms with E-state index in [4.69, 9.17) is 4.74 Å². The maximum atomic E-state index is 11.8. The van der Waals surface area contributed by atoms with Crippen molar-refractivity contribution in [3.05, 3.63) is 58.5 Å². The molecule has 0 spiro atoms. The molecule has 5 heteroatoms. The maximum Gasteiger partial charge on any atom is 0.271 e. The molecule has 1 aromatic heterocycles. The fraction of sp³-hybridized carbons (Fsp3) is 0.200. The van der Waals surface area contributed by atoms with Gasteiger partial charge in [0.15, 0.2) is 0 Å². The highest BCUT2D eigenvalue weighted by atomic mass is 16.5. The summed E-state index contributed by atoms with van der Waals surface area (Å²) in [5.41, 5.74) is 0.919. The molecule has 2 N–H and O–H groups in total. The van der Waals surface area contributed by atoms with Crippen LogP contribution in [0.15, 0.2) is 47.4 Å². The Morgan fingerprint density at radius 2 is 2.05 bits per heavy atom. The first-order valence-corrected chi connectivity index (χ1v) is 6.30. The quantitative estimate of drug-likeness (QED) is 0.874. The summed E-state index contributed by atoms with van der Waals surface area (Å²) in [5, 5.41) is 2.59. The summed E-state index contributed by atoms with van der Waals surface area (Å²) in [5.74, 6) is 0.561. The Balaban J connectivity index is 1.96. The van der Waals surface area contributed by atoms with Crippen LogP contribution in [-0.2, 0) is 11.2 Å². The molecule has 0 atom stereocenters. The van der Waals surface area contributed by atoms with Gasteiger partial charge >= 0.3 is 0 Å². The number of methoxy groups -OCH3 is 1. The van der Waals surface area contributed by atoms with Gasteiger partial charge in [-0.3, -0.25) is 9.59 Å². The molecule has 5 nitrogen and oxygen atoms in total. The fourth-order valence-electron chi connectivity index (χ4n) is 1.89. The van der Waals surface area contributed by atoms with Crippen LogP contribution in [0.2, 0.25) is 0 Å². The molecule has 1 amide bonds. The lowest BCUT2D eigenvalue weighted by Crippen LogP contribution is -2.19. The number of aromatic nitrogens is 1. The maximum absolute atomic E-state index is 11.8. The van der Waals surface area contributed by atoms with E-state index in [1.807, 2.05) is 24.3 Å². The highest BCUT2D eigenvalue weighted by Gasteiger charge is 2.08. The van der Waals surface area contributed by atoms with E-state index in [9.17, 15) is 9.59 Å². The van der Waals surface area contributed by atoms with Gasteiger partial charge in [0.2, 0.25) is 5.91 Å². The van der Waals surface area contributed by atoms with Crippen LogP contribution in [0.4, 0.5) is 5.69 Å². The van der Waals surface area contributed by atoms with Crippen LogP contribution in [0.1, 0.15) is 12.0 Å². The van der Waals surface area contributed by atoms with Crippen LogP contribution in [0.3, 0.4) is 0 Å². The summed E-state index contributed by atoms with van der Waals surface area (Å²) < 4.78 is 5.23. The van der Waals surface area contributed by atoms with E-state index in [0.29, 0.717) is 6.42 Å². The van der Waals surface area contributed by atoms with E-state index in [0.717, 1.165) is 11.3 Å². The Labute approximate surface area is 116 Å². The highest BCUT2D eigenvalue weighted by Crippen LogP contribution is 2.18. The fourth-order valence-corrected chi connectivity index (χ4v) is 1.89. The predicted molar refractivity (Wildman–Crippen MR) is 77.0 cm³/mol. The van der Waals surface area contributed by atoms with Crippen molar-refractivity contribution in [3.63, 3.8) is 0 Å². The number of para-hydroxylation sites is 1. The number of ether oxygens (including phenoxy) is 1. The topological polar surface area (TPSA) is 71.2 Å². The third-order valence-electron chi connectivity index (χ3n) is 2.91. The van der Waals surface area contributed by atoms with Crippen LogP contribution >= 0.6 is 0 Å². The first-order valence-electron chi connectivity index (χ1n) is 6.30. The summed E-state index contributed by atoms with van der Waals surface area (Å²) in [6, 6.07) is 10.8. The van der Waals surface area contributed by atoms with Crippen molar-refractivity contribution >= 4 is 11.6 Å². The lowest BCUT2D eigenvalue weighted by atomic mass is 10.1. The van der Waals surface area contributed by atoms with Gasteiger partial charge in [0.1, 0.15) is 11.4 Å². The molecule has 0 unspecified atom stereocenters. The van der Waals surface area contributed by atoms with Gasteiger partial charge in [-0.25, -0.2) is 0 Å². The van der Waals surface area contributed by atoms with Crippen molar-refractivity contribution in [2.75, 3.05) is 12.4 Å². The van der Waals surface area contributed by atoms with Gasteiger partial charge in [-0.2, -0.15) is 0 Å². The summed E-state index contributed by atoms with van der Waals surface area (Å²) in [4.78, 5) is 25.8. The molecular formula is C15H16N2O3. The Bertz CT molecular complexity index is 649. The second-order valence-corrected chi connectivity index (χ2v) is 4.27. The number of anilines is 1. The smallest absolute Gasteiger partial charge is 0.271 e. The van der Waals surface area contributed by atoms with Gasteiger partial charge in [-0.15, -0.1) is 0 Å². The summed E-state index contributed by atoms with van der Waals surface area (Å²) in [7, 11) is 1.60. The number of H-pyrrole nitrogens is 1. The summed E-state index contributed by atoms with van der Waals surface area (Å²) >= 11 is 0. The van der Waals surface area contributed by atoms with Gasteiger partial charge in [-0.1, -0.05) is 18.2 Å². The molecule has 2 rings (SSSR count). The molecule has 0 aliphatic heterocycles. The number of nitrogens with one attached hydrogen (secondary N) is 2. The standard InChI is InChI=1S/C15H16N2O3/c1-20-13-7-3-2-5-11(13)8-9-14(18)17-12-6-4-10-16-15(12)19/h2-7,10H,8-9H2,1H3,(H,16,19)(H,17,18). The Morgan fingerprint density at radius 3 is 2.80 bits per heavy atom. The SMILES string of the molecule is COc1ccccc1CCC(=O)Nc1ccc[nH]c1=O. The number of amides is 1. The lowest BCUT2D eigenvalue weighted by molar-refractivity contribution is -0.116. The van der Waals surface area contributed by atoms with Gasteiger partial charge in [0.25, 0.3) is 5.56 Å². The van der Waals surface area contributed by atoms with Crippen LogP contribution in [0, 0.1) is 0 Å². The van der Waals surface area contributed by atoms with Crippen molar-refractivity contribution < 1.29 is 9.53 Å². The molecule has 0 fully saturated rings. The molecule has 1 aromatic carbocycles. The van der Waals surface area contributed by atoms with Crippen molar-refractivity contribution in [3.8, 4) is 5.75 Å². The third kappa shape index (κ3) is 3.47. The van der Waals surface area contributed by atoms with Gasteiger partial charge < -0.3 is 15.0 Å². The molecule has 104 valence electrons. The number of rotatable bonds is 5. The molecule has 0 aliphatic carbocycles. The minimum atomic E-state index is -0.307. The Morgan fingerprint density at radius 1 is 1.25 bits per heavy atom. The molecule has 0 radical (unpaired) electrons. The second kappa shape index (κ2) is 6.56. The Kier molecular flexibility index (Phi) is 4.55. The van der Waals surface area contributed by atoms with E-state index in [-0.39, 0.29) is 23.6 Å². The van der Waals surface area contributed by atoms with Crippen LogP contribution in [0.5, 0.6) is 5.75 Å². The summed E-state index contributed by atoms with van der Waals surface area (Å²) in [6.45, 7) is 0. The molecule has 0 saturated carbocycles. The van der Waals surface area contributed by atoms with Crippen LogP contribution < -0.4 is 15.6 Å². The van der Waals surface area contributed by atoms with E-state index in [2.05, 4.69) is 10.3 Å². The van der Waals surface area contributed by atoms with E-state index < -0.39 is 0 Å². The predicted octanol–water partition coefficient (Wildman–Crippen LogP) is 1.95. The number of carbonyl (C=O) groups is 1. The number of carbonyl (C=O) groups excluding carboxylic acids is 1. The number of pyridine rings is 1. The number of benzene rings is 1. The lowest BCUT2D eigenvalue weighted by Gasteiger charge is -2.08. The molecule has 0 saturated heterocycles.